The van der Waals surface area contributed by atoms with Gasteiger partial charge in [-0.3, -0.25) is 4.98 Å². The maximum absolute atomic E-state index is 13.9. The average Bonchev–Trinajstić information content (AvgIpc) is 3.40. The largest absolute Gasteiger partial charge is 0.380 e. The molecule has 0 radical (unpaired) electrons. The highest BCUT2D eigenvalue weighted by atomic mass is 19.1. The first-order valence-corrected chi connectivity index (χ1v) is 8.53. The number of pyridine rings is 1. The van der Waals surface area contributed by atoms with E-state index in [0.717, 1.165) is 30.5 Å². The van der Waals surface area contributed by atoms with Gasteiger partial charge in [0.15, 0.2) is 0 Å². The summed E-state index contributed by atoms with van der Waals surface area (Å²) >= 11 is 0. The average molecular weight is 325 g/mol. The lowest BCUT2D eigenvalue weighted by Crippen LogP contribution is -2.35. The maximum atomic E-state index is 13.9. The number of ether oxygens (including phenoxy) is 1. The van der Waals surface area contributed by atoms with Crippen molar-refractivity contribution < 1.29 is 9.13 Å². The lowest BCUT2D eigenvalue weighted by atomic mass is 9.98. The van der Waals surface area contributed by atoms with Crippen molar-refractivity contribution in [1.82, 2.24) is 4.98 Å². The number of fused-ring (bicyclic) bond motifs is 1. The predicted molar refractivity (Wildman–Crippen MR) is 90.3 cm³/mol. The highest BCUT2D eigenvalue weighted by molar-refractivity contribution is 5.95. The van der Waals surface area contributed by atoms with Crippen molar-refractivity contribution in [3.63, 3.8) is 0 Å². The summed E-state index contributed by atoms with van der Waals surface area (Å²) in [4.78, 5) is 4.35. The Hall–Kier alpha value is -2.19. The van der Waals surface area contributed by atoms with Crippen LogP contribution < -0.4 is 5.32 Å². The van der Waals surface area contributed by atoms with Crippen LogP contribution in [0.15, 0.2) is 18.3 Å². The van der Waals surface area contributed by atoms with Crippen LogP contribution in [-0.2, 0) is 4.74 Å². The van der Waals surface area contributed by atoms with E-state index < -0.39 is 0 Å². The van der Waals surface area contributed by atoms with Crippen molar-refractivity contribution in [2.24, 2.45) is 5.92 Å². The third kappa shape index (κ3) is 2.83. The predicted octanol–water partition coefficient (Wildman–Crippen LogP) is 3.92. The van der Waals surface area contributed by atoms with Gasteiger partial charge in [-0.25, -0.2) is 4.39 Å². The summed E-state index contributed by atoms with van der Waals surface area (Å²) in [7, 11) is 0. The molecule has 1 aliphatic carbocycles. The van der Waals surface area contributed by atoms with Gasteiger partial charge in [0, 0.05) is 24.2 Å². The van der Waals surface area contributed by atoms with Crippen LogP contribution in [0, 0.1) is 30.0 Å². The van der Waals surface area contributed by atoms with Crippen molar-refractivity contribution in [1.29, 1.82) is 5.26 Å². The van der Waals surface area contributed by atoms with Gasteiger partial charge in [-0.1, -0.05) is 0 Å². The Morgan fingerprint density at radius 2 is 2.17 bits per heavy atom. The monoisotopic (exact) mass is 325 g/mol. The number of rotatable bonds is 3. The number of benzene rings is 1. The Morgan fingerprint density at radius 3 is 2.92 bits per heavy atom. The quantitative estimate of drug-likeness (QED) is 0.929. The van der Waals surface area contributed by atoms with Crippen LogP contribution in [0.4, 0.5) is 10.1 Å². The van der Waals surface area contributed by atoms with Crippen LogP contribution in [0.5, 0.6) is 0 Å². The zero-order valence-electron chi connectivity index (χ0n) is 13.7. The molecular formula is C19H20FN3O. The molecule has 1 aromatic carbocycles. The molecule has 4 nitrogen and oxygen atoms in total. The third-order valence-electron chi connectivity index (χ3n) is 5.06. The maximum Gasteiger partial charge on any atom is 0.124 e. The second kappa shape index (κ2) is 6.03. The molecule has 2 atom stereocenters. The second-order valence-corrected chi connectivity index (χ2v) is 6.89. The minimum absolute atomic E-state index is 0.241. The molecule has 1 aliphatic heterocycles. The van der Waals surface area contributed by atoms with Crippen LogP contribution in [-0.4, -0.2) is 23.7 Å². The molecule has 0 bridgehead atoms. The summed E-state index contributed by atoms with van der Waals surface area (Å²) in [5.41, 5.74) is 2.68. The Bertz CT molecular complexity index is 825. The highest BCUT2D eigenvalue weighted by Gasteiger charge is 2.36. The summed E-state index contributed by atoms with van der Waals surface area (Å²) in [5.74, 6) is 0.390. The van der Waals surface area contributed by atoms with Crippen LogP contribution in [0.3, 0.4) is 0 Å². The number of halogens is 1. The first-order valence-electron chi connectivity index (χ1n) is 8.53. The Labute approximate surface area is 140 Å². The van der Waals surface area contributed by atoms with E-state index in [0.29, 0.717) is 28.7 Å². The van der Waals surface area contributed by atoms with Crippen molar-refractivity contribution in [3.05, 3.63) is 35.3 Å². The smallest absolute Gasteiger partial charge is 0.124 e. The molecule has 4 rings (SSSR count). The molecule has 2 fully saturated rings. The van der Waals surface area contributed by atoms with Crippen LogP contribution >= 0.6 is 0 Å². The van der Waals surface area contributed by atoms with Gasteiger partial charge < -0.3 is 10.1 Å². The molecular weight excluding hydrogens is 305 g/mol. The van der Waals surface area contributed by atoms with Crippen LogP contribution in [0.25, 0.3) is 10.9 Å². The number of nitrogens with one attached hydrogen (secondary N) is 1. The summed E-state index contributed by atoms with van der Waals surface area (Å²) in [6.07, 6.45) is 6.23. The lowest BCUT2D eigenvalue weighted by Gasteiger charge is -2.31. The van der Waals surface area contributed by atoms with Gasteiger partial charge in [-0.15, -0.1) is 0 Å². The number of hydrogen-bond acceptors (Lipinski definition) is 4. The van der Waals surface area contributed by atoms with Gasteiger partial charge >= 0.3 is 0 Å². The van der Waals surface area contributed by atoms with E-state index >= 15 is 0 Å². The molecule has 0 spiro atoms. The number of aromatic nitrogens is 1. The van der Waals surface area contributed by atoms with Gasteiger partial charge in [0.2, 0.25) is 0 Å². The van der Waals surface area contributed by atoms with Crippen LogP contribution in [0.2, 0.25) is 0 Å². The lowest BCUT2D eigenvalue weighted by molar-refractivity contribution is -0.00217. The zero-order chi connectivity index (χ0) is 16.7. The molecule has 0 amide bonds. The fourth-order valence-electron chi connectivity index (χ4n) is 3.64. The normalized spacial score (nSPS) is 23.9. The van der Waals surface area contributed by atoms with Crippen molar-refractivity contribution in [3.8, 4) is 6.07 Å². The van der Waals surface area contributed by atoms with Gasteiger partial charge in [-0.05, 0) is 56.2 Å². The molecule has 1 saturated carbocycles. The van der Waals surface area contributed by atoms with Crippen LogP contribution in [0.1, 0.15) is 36.8 Å². The van der Waals surface area contributed by atoms with Crippen molar-refractivity contribution >= 4 is 16.6 Å². The van der Waals surface area contributed by atoms with E-state index in [1.807, 2.05) is 6.92 Å². The highest BCUT2D eigenvalue weighted by Crippen LogP contribution is 2.39. The molecule has 24 heavy (non-hydrogen) atoms. The van der Waals surface area contributed by atoms with Gasteiger partial charge in [0.1, 0.15) is 11.9 Å². The molecule has 2 heterocycles. The fourth-order valence-corrected chi connectivity index (χ4v) is 3.64. The van der Waals surface area contributed by atoms with E-state index in [4.69, 9.17) is 4.74 Å². The number of nitrogens with zero attached hydrogens (tertiary/aromatic N) is 2. The van der Waals surface area contributed by atoms with Crippen molar-refractivity contribution in [2.45, 2.75) is 44.8 Å². The van der Waals surface area contributed by atoms with Gasteiger partial charge in [-0.2, -0.15) is 5.26 Å². The molecule has 1 aromatic heterocycles. The van der Waals surface area contributed by atoms with E-state index in [1.54, 1.807) is 6.20 Å². The van der Waals surface area contributed by atoms with E-state index in [1.165, 1.54) is 25.0 Å². The minimum atomic E-state index is -0.303. The molecule has 1 saturated heterocycles. The zero-order valence-corrected chi connectivity index (χ0v) is 13.7. The topological polar surface area (TPSA) is 57.9 Å². The van der Waals surface area contributed by atoms with Gasteiger partial charge in [0.25, 0.3) is 0 Å². The molecule has 2 unspecified atom stereocenters. The summed E-state index contributed by atoms with van der Waals surface area (Å²) < 4.78 is 19.8. The number of hydrogen-bond donors (Lipinski definition) is 1. The van der Waals surface area contributed by atoms with E-state index in [-0.39, 0.29) is 11.9 Å². The van der Waals surface area contributed by atoms with Crippen molar-refractivity contribution in [2.75, 3.05) is 11.9 Å². The molecule has 2 aromatic rings. The molecule has 2 aliphatic rings. The Kier molecular flexibility index (Phi) is 3.85. The Balaban J connectivity index is 1.70. The van der Waals surface area contributed by atoms with E-state index in [2.05, 4.69) is 16.4 Å². The van der Waals surface area contributed by atoms with Gasteiger partial charge in [0.05, 0.1) is 22.9 Å². The molecule has 1 N–H and O–H groups in total. The SMILES string of the molecule is Cc1cc(F)cc2c(NC3CCOC(C4CC4)C3)c(C#N)cnc12. The first kappa shape index (κ1) is 15.3. The van der Waals surface area contributed by atoms with E-state index in [9.17, 15) is 9.65 Å². The summed E-state index contributed by atoms with van der Waals surface area (Å²) in [6, 6.07) is 5.37. The summed E-state index contributed by atoms with van der Waals surface area (Å²) in [6.45, 7) is 2.57. The standard InChI is InChI=1S/C19H20FN3O/c1-11-6-14(20)7-16-18(11)22-10-13(9-21)19(16)23-15-4-5-24-17(8-15)12-2-3-12/h6-7,10,12,15,17H,2-5,8H2,1H3,(H,22,23). The third-order valence-corrected chi connectivity index (χ3v) is 5.06. The number of nitriles is 1. The second-order valence-electron chi connectivity index (χ2n) is 6.89. The Morgan fingerprint density at radius 1 is 1.33 bits per heavy atom. The fraction of sp³-hybridized carbons (Fsp3) is 0.474. The number of aryl methyl sites for hydroxylation is 1. The minimum Gasteiger partial charge on any atom is -0.380 e. The number of anilines is 1. The molecule has 124 valence electrons. The molecule has 5 heteroatoms. The first-order chi connectivity index (χ1) is 11.7. The summed E-state index contributed by atoms with van der Waals surface area (Å²) in [5, 5.41) is 13.6.